The van der Waals surface area contributed by atoms with E-state index in [9.17, 15) is 17.6 Å². The van der Waals surface area contributed by atoms with Gasteiger partial charge in [-0.2, -0.15) is 0 Å². The molecule has 4 nitrogen and oxygen atoms in total. The smallest absolute Gasteiger partial charge is 0.196 e. The highest BCUT2D eigenvalue weighted by atomic mass is 32.1. The Balaban J connectivity index is 1.62. The molecule has 0 aliphatic carbocycles. The van der Waals surface area contributed by atoms with Crippen LogP contribution < -0.4 is 5.32 Å². The molecule has 0 amide bonds. The largest absolute Gasteiger partial charge is 0.348 e. The van der Waals surface area contributed by atoms with Crippen LogP contribution in [0.15, 0.2) is 30.6 Å². The van der Waals surface area contributed by atoms with Crippen LogP contribution in [0.25, 0.3) is 0 Å². The van der Waals surface area contributed by atoms with Crippen molar-refractivity contribution in [3.05, 3.63) is 59.4 Å². The molecule has 1 aromatic carbocycles. The molecule has 1 aliphatic heterocycles. The maximum Gasteiger partial charge on any atom is 0.196 e. The fourth-order valence-electron chi connectivity index (χ4n) is 2.95. The predicted molar refractivity (Wildman–Crippen MR) is 98.2 cm³/mol. The van der Waals surface area contributed by atoms with Crippen LogP contribution in [-0.4, -0.2) is 46.1 Å². The second-order valence-electron chi connectivity index (χ2n) is 6.25. The SMILES string of the molecule is Fc1cc(F)c(NC(=S)N2CCCN(Cc3cccnc3)CC2)c(F)c1F. The second-order valence-corrected chi connectivity index (χ2v) is 6.64. The van der Waals surface area contributed by atoms with Gasteiger partial charge in [0.2, 0.25) is 0 Å². The van der Waals surface area contributed by atoms with Gasteiger partial charge in [-0.15, -0.1) is 0 Å². The van der Waals surface area contributed by atoms with Crippen molar-refractivity contribution in [2.75, 3.05) is 31.5 Å². The number of nitrogens with one attached hydrogen (secondary N) is 1. The molecule has 9 heteroatoms. The van der Waals surface area contributed by atoms with Crippen LogP contribution in [0.4, 0.5) is 23.2 Å². The van der Waals surface area contributed by atoms with Crippen molar-refractivity contribution in [3.8, 4) is 0 Å². The van der Waals surface area contributed by atoms with Gasteiger partial charge in [0.05, 0.1) is 0 Å². The normalized spacial score (nSPS) is 15.5. The minimum Gasteiger partial charge on any atom is -0.348 e. The van der Waals surface area contributed by atoms with E-state index >= 15 is 0 Å². The van der Waals surface area contributed by atoms with Gasteiger partial charge >= 0.3 is 0 Å². The molecule has 1 N–H and O–H groups in total. The molecule has 0 saturated carbocycles. The van der Waals surface area contributed by atoms with Gasteiger partial charge in [0, 0.05) is 51.2 Å². The van der Waals surface area contributed by atoms with Crippen molar-refractivity contribution in [1.82, 2.24) is 14.8 Å². The molecule has 0 bridgehead atoms. The van der Waals surface area contributed by atoms with Crippen LogP contribution in [0.1, 0.15) is 12.0 Å². The van der Waals surface area contributed by atoms with Gasteiger partial charge in [-0.1, -0.05) is 6.07 Å². The molecule has 144 valence electrons. The summed E-state index contributed by atoms with van der Waals surface area (Å²) in [5, 5.41) is 2.45. The Labute approximate surface area is 159 Å². The fraction of sp³-hybridized carbons (Fsp3) is 0.333. The van der Waals surface area contributed by atoms with Gasteiger partial charge in [0.15, 0.2) is 28.4 Å². The van der Waals surface area contributed by atoms with E-state index < -0.39 is 29.0 Å². The van der Waals surface area contributed by atoms with Crippen molar-refractivity contribution in [3.63, 3.8) is 0 Å². The fourth-order valence-corrected chi connectivity index (χ4v) is 3.23. The van der Waals surface area contributed by atoms with Crippen LogP contribution in [0.3, 0.4) is 0 Å². The van der Waals surface area contributed by atoms with Crippen LogP contribution in [-0.2, 0) is 6.54 Å². The Kier molecular flexibility index (Phi) is 6.22. The maximum atomic E-state index is 13.8. The summed E-state index contributed by atoms with van der Waals surface area (Å²) in [6.45, 7) is 3.40. The van der Waals surface area contributed by atoms with Crippen molar-refractivity contribution >= 4 is 23.0 Å². The number of rotatable bonds is 3. The highest BCUT2D eigenvalue weighted by molar-refractivity contribution is 7.80. The summed E-state index contributed by atoms with van der Waals surface area (Å²) in [5.41, 5.74) is 0.313. The second kappa shape index (κ2) is 8.62. The summed E-state index contributed by atoms with van der Waals surface area (Å²) in [6.07, 6.45) is 4.32. The van der Waals surface area contributed by atoms with Crippen molar-refractivity contribution < 1.29 is 17.6 Å². The molecule has 0 radical (unpaired) electrons. The number of hydrogen-bond donors (Lipinski definition) is 1. The number of aromatic nitrogens is 1. The predicted octanol–water partition coefficient (Wildman–Crippen LogP) is 3.54. The molecule has 0 spiro atoms. The van der Waals surface area contributed by atoms with Crippen LogP contribution in [0.2, 0.25) is 0 Å². The molecule has 1 fully saturated rings. The Morgan fingerprint density at radius 2 is 1.89 bits per heavy atom. The first-order chi connectivity index (χ1) is 13.0. The first-order valence-corrected chi connectivity index (χ1v) is 8.86. The lowest BCUT2D eigenvalue weighted by Crippen LogP contribution is -2.38. The summed E-state index contributed by atoms with van der Waals surface area (Å²) >= 11 is 5.22. The Bertz CT molecular complexity index is 819. The van der Waals surface area contributed by atoms with Gasteiger partial charge in [-0.25, -0.2) is 17.6 Å². The minimum atomic E-state index is -1.74. The van der Waals surface area contributed by atoms with Crippen molar-refractivity contribution in [1.29, 1.82) is 0 Å². The molecule has 27 heavy (non-hydrogen) atoms. The Hall–Kier alpha value is -2.26. The first-order valence-electron chi connectivity index (χ1n) is 8.46. The van der Waals surface area contributed by atoms with Gasteiger partial charge in [0.25, 0.3) is 0 Å². The number of benzene rings is 1. The van der Waals surface area contributed by atoms with E-state index in [-0.39, 0.29) is 5.11 Å². The quantitative estimate of drug-likeness (QED) is 0.370. The molecule has 0 atom stereocenters. The lowest BCUT2D eigenvalue weighted by atomic mass is 10.2. The molecule has 1 saturated heterocycles. The van der Waals surface area contributed by atoms with E-state index in [0.717, 1.165) is 25.1 Å². The summed E-state index contributed by atoms with van der Waals surface area (Å²) in [5.74, 6) is -6.17. The molecule has 0 unspecified atom stereocenters. The average molecular weight is 398 g/mol. The maximum absolute atomic E-state index is 13.8. The number of nitrogens with zero attached hydrogens (tertiary/aromatic N) is 3. The van der Waals surface area contributed by atoms with E-state index in [1.807, 2.05) is 18.3 Å². The van der Waals surface area contributed by atoms with Gasteiger partial charge in [0.1, 0.15) is 5.69 Å². The van der Waals surface area contributed by atoms with Crippen LogP contribution >= 0.6 is 12.2 Å². The molecular weight excluding hydrogens is 380 g/mol. The molecule has 1 aromatic heterocycles. The summed E-state index contributed by atoms with van der Waals surface area (Å²) < 4.78 is 54.0. The van der Waals surface area contributed by atoms with Crippen LogP contribution in [0.5, 0.6) is 0 Å². The van der Waals surface area contributed by atoms with E-state index in [1.54, 1.807) is 11.1 Å². The molecule has 2 aromatic rings. The Morgan fingerprint density at radius 3 is 2.63 bits per heavy atom. The van der Waals surface area contributed by atoms with Crippen LogP contribution in [0, 0.1) is 23.3 Å². The first kappa shape index (κ1) is 19.5. The van der Waals surface area contributed by atoms with Gasteiger partial charge < -0.3 is 10.2 Å². The van der Waals surface area contributed by atoms with E-state index in [4.69, 9.17) is 12.2 Å². The average Bonchev–Trinajstić information content (AvgIpc) is 2.90. The zero-order chi connectivity index (χ0) is 19.4. The number of hydrogen-bond acceptors (Lipinski definition) is 3. The highest BCUT2D eigenvalue weighted by Gasteiger charge is 2.22. The third-order valence-electron chi connectivity index (χ3n) is 4.35. The topological polar surface area (TPSA) is 31.4 Å². The zero-order valence-electron chi connectivity index (χ0n) is 14.4. The van der Waals surface area contributed by atoms with E-state index in [0.29, 0.717) is 25.7 Å². The highest BCUT2D eigenvalue weighted by Crippen LogP contribution is 2.24. The van der Waals surface area contributed by atoms with Crippen molar-refractivity contribution in [2.24, 2.45) is 0 Å². The van der Waals surface area contributed by atoms with E-state index in [1.165, 1.54) is 0 Å². The number of pyridine rings is 1. The third kappa shape index (κ3) is 4.72. The lowest BCUT2D eigenvalue weighted by molar-refractivity contribution is 0.278. The van der Waals surface area contributed by atoms with Crippen molar-refractivity contribution in [2.45, 2.75) is 13.0 Å². The molecule has 2 heterocycles. The lowest BCUT2D eigenvalue weighted by Gasteiger charge is -2.25. The molecule has 1 aliphatic rings. The molecular formula is C18H18F4N4S. The monoisotopic (exact) mass is 398 g/mol. The van der Waals surface area contributed by atoms with Gasteiger partial charge in [-0.3, -0.25) is 9.88 Å². The minimum absolute atomic E-state index is 0.0713. The zero-order valence-corrected chi connectivity index (χ0v) is 15.2. The Morgan fingerprint density at radius 1 is 1.07 bits per heavy atom. The summed E-state index contributed by atoms with van der Waals surface area (Å²) in [7, 11) is 0. The van der Waals surface area contributed by atoms with E-state index in [2.05, 4.69) is 15.2 Å². The summed E-state index contributed by atoms with van der Waals surface area (Å²) in [6, 6.07) is 4.17. The van der Waals surface area contributed by atoms with Gasteiger partial charge in [-0.05, 0) is 30.3 Å². The standard InChI is InChI=1S/C18H18F4N4S/c19-13-9-14(20)17(16(22)15(13)21)24-18(27)26-6-2-5-25(7-8-26)11-12-3-1-4-23-10-12/h1,3-4,9-10H,2,5-8,11H2,(H,24,27). The summed E-state index contributed by atoms with van der Waals surface area (Å²) in [4.78, 5) is 8.09. The molecule has 3 rings (SSSR count). The number of thiocarbonyl (C=S) groups is 1. The number of halogens is 4. The third-order valence-corrected chi connectivity index (χ3v) is 4.71. The number of anilines is 1.